The zero-order valence-electron chi connectivity index (χ0n) is 16.9. The Labute approximate surface area is 166 Å². The van der Waals surface area contributed by atoms with Crippen LogP contribution in [0.4, 0.5) is 10.3 Å². The standard InChI is InChI=1S/C19H27FN4O3S/c1-12(22-28(26)19(2,3)4)14-10-13(20)11-15-16(14)21-18(23(5)17(15)25)24-6-8-27-9-7-24/h10-12,22H,6-9H2,1-5H3/t12-,28-/m1/s1. The topological polar surface area (TPSA) is 76.5 Å². The lowest BCUT2D eigenvalue weighted by Gasteiger charge is -2.29. The summed E-state index contributed by atoms with van der Waals surface area (Å²) in [5, 5.41) is 0.213. The molecule has 2 aromatic rings. The van der Waals surface area contributed by atoms with Crippen LogP contribution in [-0.4, -0.2) is 44.8 Å². The van der Waals surface area contributed by atoms with Crippen molar-refractivity contribution in [2.75, 3.05) is 31.2 Å². The van der Waals surface area contributed by atoms with Gasteiger partial charge in [-0.2, -0.15) is 0 Å². The Bertz CT molecular complexity index is 964. The molecule has 28 heavy (non-hydrogen) atoms. The van der Waals surface area contributed by atoms with Crippen LogP contribution in [0.3, 0.4) is 0 Å². The maximum absolute atomic E-state index is 14.3. The summed E-state index contributed by atoms with van der Waals surface area (Å²) in [6.45, 7) is 9.75. The third-order valence-corrected chi connectivity index (χ3v) is 6.43. The van der Waals surface area contributed by atoms with Crippen molar-refractivity contribution in [3.63, 3.8) is 0 Å². The van der Waals surface area contributed by atoms with E-state index in [-0.39, 0.29) is 10.9 Å². The number of nitrogens with zero attached hydrogens (tertiary/aromatic N) is 3. The molecular formula is C19H27FN4O3S. The van der Waals surface area contributed by atoms with Gasteiger partial charge < -0.3 is 9.64 Å². The second-order valence-corrected chi connectivity index (χ2v) is 9.99. The van der Waals surface area contributed by atoms with Crippen molar-refractivity contribution in [3.05, 3.63) is 33.9 Å². The van der Waals surface area contributed by atoms with Gasteiger partial charge in [-0.3, -0.25) is 9.36 Å². The third kappa shape index (κ3) is 4.11. The third-order valence-electron chi connectivity index (χ3n) is 4.75. The Morgan fingerprint density at radius 3 is 2.54 bits per heavy atom. The number of benzene rings is 1. The van der Waals surface area contributed by atoms with Crippen molar-refractivity contribution in [1.82, 2.24) is 14.3 Å². The van der Waals surface area contributed by atoms with Gasteiger partial charge in [0.15, 0.2) is 0 Å². The van der Waals surface area contributed by atoms with Crippen molar-refractivity contribution in [3.8, 4) is 0 Å². The van der Waals surface area contributed by atoms with Crippen LogP contribution in [0.5, 0.6) is 0 Å². The number of morpholine rings is 1. The number of fused-ring (bicyclic) bond motifs is 1. The average molecular weight is 411 g/mol. The molecular weight excluding hydrogens is 383 g/mol. The Morgan fingerprint density at radius 1 is 1.29 bits per heavy atom. The molecule has 9 heteroatoms. The van der Waals surface area contributed by atoms with Gasteiger partial charge in [0.1, 0.15) is 5.82 Å². The fourth-order valence-corrected chi connectivity index (χ4v) is 3.93. The van der Waals surface area contributed by atoms with E-state index in [4.69, 9.17) is 9.72 Å². The van der Waals surface area contributed by atoms with E-state index in [1.165, 1.54) is 16.7 Å². The number of nitrogens with one attached hydrogen (secondary N) is 1. The van der Waals surface area contributed by atoms with Crippen LogP contribution in [-0.2, 0) is 22.8 Å². The van der Waals surface area contributed by atoms with Crippen LogP contribution in [0.1, 0.15) is 39.3 Å². The van der Waals surface area contributed by atoms with Gasteiger partial charge >= 0.3 is 0 Å². The summed E-state index contributed by atoms with van der Waals surface area (Å²) in [4.78, 5) is 19.6. The monoisotopic (exact) mass is 410 g/mol. The molecule has 1 aromatic carbocycles. The first-order valence-electron chi connectivity index (χ1n) is 9.30. The highest BCUT2D eigenvalue weighted by molar-refractivity contribution is 7.84. The quantitative estimate of drug-likeness (QED) is 0.835. The summed E-state index contributed by atoms with van der Waals surface area (Å²) in [5.74, 6) is 0.00788. The van der Waals surface area contributed by atoms with E-state index in [0.29, 0.717) is 43.3 Å². The lowest BCUT2D eigenvalue weighted by molar-refractivity contribution is 0.121. The van der Waals surface area contributed by atoms with Crippen molar-refractivity contribution in [1.29, 1.82) is 0 Å². The van der Waals surface area contributed by atoms with E-state index in [1.807, 2.05) is 25.7 Å². The summed E-state index contributed by atoms with van der Waals surface area (Å²) >= 11 is 0. The highest BCUT2D eigenvalue weighted by Gasteiger charge is 2.25. The van der Waals surface area contributed by atoms with Gasteiger partial charge in [0.25, 0.3) is 5.56 Å². The van der Waals surface area contributed by atoms with Crippen LogP contribution >= 0.6 is 0 Å². The summed E-state index contributed by atoms with van der Waals surface area (Å²) in [7, 11) is 0.292. The largest absolute Gasteiger partial charge is 0.378 e. The van der Waals surface area contributed by atoms with E-state index in [0.717, 1.165) is 0 Å². The molecule has 3 rings (SSSR count). The molecule has 1 fully saturated rings. The molecule has 1 saturated heterocycles. The molecule has 2 atom stereocenters. The summed E-state index contributed by atoms with van der Waals surface area (Å²) in [6, 6.07) is 2.12. The summed E-state index contributed by atoms with van der Waals surface area (Å²) < 4.78 is 36.2. The number of anilines is 1. The van der Waals surface area contributed by atoms with E-state index >= 15 is 0 Å². The summed E-state index contributed by atoms with van der Waals surface area (Å²) in [5.41, 5.74) is 0.632. The second-order valence-electron chi connectivity index (χ2n) is 7.99. The predicted molar refractivity (Wildman–Crippen MR) is 109 cm³/mol. The van der Waals surface area contributed by atoms with Gasteiger partial charge in [-0.1, -0.05) is 0 Å². The predicted octanol–water partition coefficient (Wildman–Crippen LogP) is 2.02. The lowest BCUT2D eigenvalue weighted by atomic mass is 10.0. The molecule has 0 aliphatic carbocycles. The minimum atomic E-state index is -1.35. The lowest BCUT2D eigenvalue weighted by Crippen LogP contribution is -2.40. The van der Waals surface area contributed by atoms with E-state index in [9.17, 15) is 13.4 Å². The van der Waals surface area contributed by atoms with E-state index in [1.54, 1.807) is 14.0 Å². The smallest absolute Gasteiger partial charge is 0.262 e. The van der Waals surface area contributed by atoms with Gasteiger partial charge in [0, 0.05) is 26.2 Å². The maximum Gasteiger partial charge on any atom is 0.262 e. The molecule has 0 saturated carbocycles. The molecule has 1 aliphatic heterocycles. The molecule has 7 nitrogen and oxygen atoms in total. The van der Waals surface area contributed by atoms with Crippen LogP contribution in [0.25, 0.3) is 10.9 Å². The number of rotatable bonds is 4. The first-order valence-corrected chi connectivity index (χ1v) is 10.5. The number of ether oxygens (including phenoxy) is 1. The first-order chi connectivity index (χ1) is 13.1. The molecule has 0 unspecified atom stereocenters. The van der Waals surface area contributed by atoms with Gasteiger partial charge in [0.05, 0.1) is 39.8 Å². The zero-order valence-corrected chi connectivity index (χ0v) is 17.7. The molecule has 0 spiro atoms. The molecule has 1 N–H and O–H groups in total. The Kier molecular flexibility index (Phi) is 5.88. The Hall–Kier alpha value is -1.84. The number of aromatic nitrogens is 2. The second kappa shape index (κ2) is 7.88. The number of hydrogen-bond donors (Lipinski definition) is 1. The highest BCUT2D eigenvalue weighted by atomic mass is 32.2. The van der Waals surface area contributed by atoms with Crippen LogP contribution in [0.2, 0.25) is 0 Å². The summed E-state index contributed by atoms with van der Waals surface area (Å²) in [6.07, 6.45) is 0. The molecule has 2 heterocycles. The van der Waals surface area contributed by atoms with Crippen LogP contribution in [0.15, 0.2) is 16.9 Å². The van der Waals surface area contributed by atoms with Crippen LogP contribution in [0, 0.1) is 5.82 Å². The maximum atomic E-state index is 14.3. The number of hydrogen-bond acceptors (Lipinski definition) is 5. The zero-order chi connectivity index (χ0) is 20.6. The van der Waals surface area contributed by atoms with Crippen LogP contribution < -0.4 is 15.2 Å². The fraction of sp³-hybridized carbons (Fsp3) is 0.579. The van der Waals surface area contributed by atoms with Gasteiger partial charge in [-0.25, -0.2) is 18.3 Å². The van der Waals surface area contributed by atoms with E-state index < -0.39 is 27.6 Å². The molecule has 1 aromatic heterocycles. The van der Waals surface area contributed by atoms with Gasteiger partial charge in [-0.05, 0) is 45.4 Å². The normalized spacial score (nSPS) is 17.7. The van der Waals surface area contributed by atoms with Gasteiger partial charge in [-0.15, -0.1) is 0 Å². The average Bonchev–Trinajstić information content (AvgIpc) is 2.64. The number of halogens is 1. The van der Waals surface area contributed by atoms with E-state index in [2.05, 4.69) is 4.72 Å². The minimum absolute atomic E-state index is 0.213. The van der Waals surface area contributed by atoms with Crippen molar-refractivity contribution in [2.24, 2.45) is 7.05 Å². The molecule has 0 bridgehead atoms. The Balaban J connectivity index is 2.13. The minimum Gasteiger partial charge on any atom is -0.378 e. The van der Waals surface area contributed by atoms with Gasteiger partial charge in [0.2, 0.25) is 5.95 Å². The highest BCUT2D eigenvalue weighted by Crippen LogP contribution is 2.26. The van der Waals surface area contributed by atoms with Crippen molar-refractivity contribution in [2.45, 2.75) is 38.5 Å². The van der Waals surface area contributed by atoms with Crippen molar-refractivity contribution < 1.29 is 13.3 Å². The fourth-order valence-electron chi connectivity index (χ4n) is 3.13. The molecule has 154 valence electrons. The molecule has 0 amide bonds. The molecule has 0 radical (unpaired) electrons. The van der Waals surface area contributed by atoms with Crippen molar-refractivity contribution >= 4 is 27.8 Å². The SMILES string of the molecule is C[C@@H](N[S@](=O)C(C)(C)C)c1cc(F)cc2c(=O)n(C)c(N3CCOCC3)nc12. The molecule has 1 aliphatic rings. The first kappa shape index (κ1) is 20.9. The Morgan fingerprint density at radius 2 is 1.93 bits per heavy atom.